The maximum Gasteiger partial charge on any atom is 0.196 e. The zero-order chi connectivity index (χ0) is 10.8. The summed E-state index contributed by atoms with van der Waals surface area (Å²) in [5, 5.41) is 17.9. The lowest BCUT2D eigenvalue weighted by Crippen LogP contribution is -1.92. The van der Waals surface area contributed by atoms with Crippen molar-refractivity contribution in [1.82, 2.24) is 14.8 Å². The van der Waals surface area contributed by atoms with Crippen LogP contribution in [0, 0.1) is 6.92 Å². The van der Waals surface area contributed by atoms with E-state index in [4.69, 9.17) is 5.11 Å². The molecule has 1 N–H and O–H groups in total. The predicted octanol–water partition coefficient (Wildman–Crippen LogP) is 1.83. The molecule has 4 nitrogen and oxygen atoms in total. The maximum atomic E-state index is 8.94. The van der Waals surface area contributed by atoms with Crippen LogP contribution in [0.5, 0.6) is 0 Å². The third kappa shape index (κ3) is 2.22. The van der Waals surface area contributed by atoms with E-state index in [-0.39, 0.29) is 6.61 Å². The monoisotopic (exact) mass is 241 g/mol. The fourth-order valence-corrected chi connectivity index (χ4v) is 3.04. The Bertz CT molecular complexity index is 464. The fraction of sp³-hybridized carbons (Fsp3) is 0.333. The summed E-state index contributed by atoms with van der Waals surface area (Å²) in [6.07, 6.45) is 0. The molecule has 0 bridgehead atoms. The van der Waals surface area contributed by atoms with Gasteiger partial charge in [0.05, 0.1) is 10.8 Å². The van der Waals surface area contributed by atoms with Crippen molar-refractivity contribution in [3.63, 3.8) is 0 Å². The molecule has 2 heterocycles. The highest BCUT2D eigenvalue weighted by atomic mass is 32.2. The minimum absolute atomic E-state index is 0.100. The Hall–Kier alpha value is -0.850. The molecule has 0 aromatic carbocycles. The SMILES string of the molecule is Cc1nnc(Sc2ccc(CO)s2)n1C. The van der Waals surface area contributed by atoms with Crippen LogP contribution in [0.1, 0.15) is 10.7 Å². The topological polar surface area (TPSA) is 50.9 Å². The third-order valence-corrected chi connectivity index (χ3v) is 4.28. The highest BCUT2D eigenvalue weighted by molar-refractivity contribution is 8.01. The van der Waals surface area contributed by atoms with Crippen molar-refractivity contribution in [1.29, 1.82) is 0 Å². The standard InChI is InChI=1S/C9H11N3OS2/c1-6-10-11-9(12(6)2)15-8-4-3-7(5-13)14-8/h3-4,13H,5H2,1-2H3. The molecule has 2 rings (SSSR count). The van der Waals surface area contributed by atoms with Gasteiger partial charge in [-0.15, -0.1) is 21.5 Å². The average molecular weight is 241 g/mol. The molecule has 0 aliphatic carbocycles. The summed E-state index contributed by atoms with van der Waals surface area (Å²) < 4.78 is 3.07. The van der Waals surface area contributed by atoms with E-state index in [1.54, 1.807) is 23.1 Å². The van der Waals surface area contributed by atoms with E-state index in [1.165, 1.54) is 0 Å². The van der Waals surface area contributed by atoms with Gasteiger partial charge in [-0.1, -0.05) is 0 Å². The molecule has 80 valence electrons. The van der Waals surface area contributed by atoms with E-state index < -0.39 is 0 Å². The first-order chi connectivity index (χ1) is 7.20. The van der Waals surface area contributed by atoms with Crippen LogP contribution in [0.25, 0.3) is 0 Å². The number of hydrogen-bond donors (Lipinski definition) is 1. The Morgan fingerprint density at radius 2 is 2.27 bits per heavy atom. The van der Waals surface area contributed by atoms with Crippen LogP contribution < -0.4 is 0 Å². The summed E-state index contributed by atoms with van der Waals surface area (Å²) in [5.74, 6) is 0.899. The lowest BCUT2D eigenvalue weighted by molar-refractivity contribution is 0.285. The lowest BCUT2D eigenvalue weighted by Gasteiger charge is -1.97. The summed E-state index contributed by atoms with van der Waals surface area (Å²) in [6, 6.07) is 3.92. The van der Waals surface area contributed by atoms with E-state index >= 15 is 0 Å². The average Bonchev–Trinajstić information content (AvgIpc) is 2.80. The van der Waals surface area contributed by atoms with Gasteiger partial charge in [0.1, 0.15) is 5.82 Å². The van der Waals surface area contributed by atoms with Gasteiger partial charge >= 0.3 is 0 Å². The molecule has 0 amide bonds. The Morgan fingerprint density at radius 1 is 1.47 bits per heavy atom. The van der Waals surface area contributed by atoms with Gasteiger partial charge < -0.3 is 9.67 Å². The first-order valence-electron chi connectivity index (χ1n) is 4.44. The molecule has 2 aromatic rings. The van der Waals surface area contributed by atoms with Crippen LogP contribution >= 0.6 is 23.1 Å². The second-order valence-electron chi connectivity index (χ2n) is 3.07. The van der Waals surface area contributed by atoms with Gasteiger partial charge in [0.2, 0.25) is 0 Å². The number of aryl methyl sites for hydroxylation is 1. The molecule has 0 aliphatic rings. The van der Waals surface area contributed by atoms with Gasteiger partial charge in [-0.3, -0.25) is 0 Å². The normalized spacial score (nSPS) is 10.9. The molecule has 6 heteroatoms. The van der Waals surface area contributed by atoms with Crippen molar-refractivity contribution in [2.24, 2.45) is 7.05 Å². The fourth-order valence-electron chi connectivity index (χ4n) is 1.06. The van der Waals surface area contributed by atoms with Crippen molar-refractivity contribution in [2.75, 3.05) is 0 Å². The number of rotatable bonds is 3. The molecule has 0 aliphatic heterocycles. The zero-order valence-electron chi connectivity index (χ0n) is 8.47. The summed E-state index contributed by atoms with van der Waals surface area (Å²) in [7, 11) is 1.94. The maximum absolute atomic E-state index is 8.94. The van der Waals surface area contributed by atoms with Crippen molar-refractivity contribution >= 4 is 23.1 Å². The van der Waals surface area contributed by atoms with E-state index in [1.807, 2.05) is 30.7 Å². The molecule has 0 saturated carbocycles. The van der Waals surface area contributed by atoms with Crippen LogP contribution in [0.4, 0.5) is 0 Å². The molecule has 0 atom stereocenters. The van der Waals surface area contributed by atoms with Gasteiger partial charge in [0.15, 0.2) is 5.16 Å². The van der Waals surface area contributed by atoms with Crippen LogP contribution in [0.2, 0.25) is 0 Å². The molecule has 0 unspecified atom stereocenters. The number of hydrogen-bond acceptors (Lipinski definition) is 5. The molecule has 0 saturated heterocycles. The molecular weight excluding hydrogens is 230 g/mol. The predicted molar refractivity (Wildman–Crippen MR) is 60.1 cm³/mol. The molecule has 15 heavy (non-hydrogen) atoms. The summed E-state index contributed by atoms with van der Waals surface area (Å²) >= 11 is 3.15. The zero-order valence-corrected chi connectivity index (χ0v) is 10.1. The van der Waals surface area contributed by atoms with Gasteiger partial charge in [-0.2, -0.15) is 0 Å². The second kappa shape index (κ2) is 4.34. The minimum atomic E-state index is 0.100. The van der Waals surface area contributed by atoms with E-state index in [2.05, 4.69) is 10.2 Å². The molecule has 0 fully saturated rings. The summed E-state index contributed by atoms with van der Waals surface area (Å²) in [4.78, 5) is 0.969. The summed E-state index contributed by atoms with van der Waals surface area (Å²) in [5.41, 5.74) is 0. The minimum Gasteiger partial charge on any atom is -0.391 e. The van der Waals surface area contributed by atoms with Crippen molar-refractivity contribution in [3.05, 3.63) is 22.8 Å². The van der Waals surface area contributed by atoms with E-state index in [0.717, 1.165) is 20.1 Å². The van der Waals surface area contributed by atoms with E-state index in [9.17, 15) is 0 Å². The highest BCUT2D eigenvalue weighted by Gasteiger charge is 2.08. The first-order valence-corrected chi connectivity index (χ1v) is 6.07. The van der Waals surface area contributed by atoms with Crippen molar-refractivity contribution in [3.8, 4) is 0 Å². The van der Waals surface area contributed by atoms with Crippen LogP contribution in [0.3, 0.4) is 0 Å². The van der Waals surface area contributed by atoms with Gasteiger partial charge in [-0.05, 0) is 30.8 Å². The largest absolute Gasteiger partial charge is 0.391 e. The number of aromatic nitrogens is 3. The Balaban J connectivity index is 2.18. The first kappa shape index (κ1) is 10.7. The Kier molecular flexibility index (Phi) is 3.08. The molecule has 0 spiro atoms. The van der Waals surface area contributed by atoms with Gasteiger partial charge in [0.25, 0.3) is 0 Å². The smallest absolute Gasteiger partial charge is 0.196 e. The number of nitrogens with zero attached hydrogens (tertiary/aromatic N) is 3. The molecule has 0 radical (unpaired) electrons. The lowest BCUT2D eigenvalue weighted by atomic mass is 10.5. The molecular formula is C9H11N3OS2. The third-order valence-electron chi connectivity index (χ3n) is 2.04. The van der Waals surface area contributed by atoms with Crippen LogP contribution in [-0.2, 0) is 13.7 Å². The Labute approximate surface area is 96.0 Å². The number of aliphatic hydroxyl groups excluding tert-OH is 1. The highest BCUT2D eigenvalue weighted by Crippen LogP contribution is 2.32. The van der Waals surface area contributed by atoms with E-state index in [0.29, 0.717) is 0 Å². The number of aliphatic hydroxyl groups is 1. The summed E-state index contributed by atoms with van der Waals surface area (Å²) in [6.45, 7) is 2.02. The van der Waals surface area contributed by atoms with Gasteiger partial charge in [-0.25, -0.2) is 0 Å². The quantitative estimate of drug-likeness (QED) is 0.890. The van der Waals surface area contributed by atoms with Crippen LogP contribution in [-0.4, -0.2) is 19.9 Å². The molecule has 2 aromatic heterocycles. The van der Waals surface area contributed by atoms with Crippen molar-refractivity contribution < 1.29 is 5.11 Å². The second-order valence-corrected chi connectivity index (χ2v) is 5.51. The van der Waals surface area contributed by atoms with Crippen LogP contribution in [0.15, 0.2) is 21.5 Å². The number of thiophene rings is 1. The Morgan fingerprint density at radius 3 is 2.80 bits per heavy atom. The van der Waals surface area contributed by atoms with Gasteiger partial charge in [0, 0.05) is 11.9 Å². The van der Waals surface area contributed by atoms with Crippen molar-refractivity contribution in [2.45, 2.75) is 22.9 Å².